The summed E-state index contributed by atoms with van der Waals surface area (Å²) in [5.41, 5.74) is 6.89. The van der Waals surface area contributed by atoms with Crippen molar-refractivity contribution in [3.63, 3.8) is 0 Å². The lowest BCUT2D eigenvalue weighted by molar-refractivity contribution is 0.0699. The predicted molar refractivity (Wildman–Crippen MR) is 189 cm³/mol. The van der Waals surface area contributed by atoms with Gasteiger partial charge in [-0.25, -0.2) is 4.79 Å². The average molecular weight is 606 g/mol. The minimum absolute atomic E-state index is 0.00330. The zero-order valence-electron chi connectivity index (χ0n) is 26.7. The van der Waals surface area contributed by atoms with Crippen LogP contribution >= 0.6 is 0 Å². The van der Waals surface area contributed by atoms with Crippen LogP contribution in [-0.2, 0) is 5.41 Å². The first-order valence-electron chi connectivity index (χ1n) is 16.4. The standard InChI is InChI=1S/C41H39N3O2/c1-41(2)35-18-17-31-30-12-5-4-8-26(30)14-16-32(31)38(35)34(37-19-15-27-9-7-13-33(40(45)46)39(27)42-37)25-36(41)28-10-6-11-29(24-28)44-22-20-43(3)21-23-44/h4-19,24,34,36H,20-23,25H2,1-3H3,(H,45,46). The molecule has 0 saturated carbocycles. The summed E-state index contributed by atoms with van der Waals surface area (Å²) in [7, 11) is 2.20. The van der Waals surface area contributed by atoms with E-state index in [1.54, 1.807) is 12.1 Å². The molecule has 8 rings (SSSR count). The molecule has 2 heterocycles. The molecule has 1 aliphatic carbocycles. The van der Waals surface area contributed by atoms with Gasteiger partial charge in [0.2, 0.25) is 0 Å². The third-order valence-corrected chi connectivity index (χ3v) is 10.8. The Morgan fingerprint density at radius 1 is 0.783 bits per heavy atom. The molecule has 5 nitrogen and oxygen atoms in total. The Hall–Kier alpha value is -4.74. The van der Waals surface area contributed by atoms with E-state index in [0.29, 0.717) is 5.52 Å². The van der Waals surface area contributed by atoms with E-state index in [9.17, 15) is 9.90 Å². The fourth-order valence-electron chi connectivity index (χ4n) is 8.24. The monoisotopic (exact) mass is 605 g/mol. The van der Waals surface area contributed by atoms with Gasteiger partial charge in [-0.1, -0.05) is 92.7 Å². The Balaban J connectivity index is 1.34. The Kier molecular flexibility index (Phi) is 6.84. The highest BCUT2D eigenvalue weighted by Crippen LogP contribution is 2.55. The minimum atomic E-state index is -0.948. The molecule has 46 heavy (non-hydrogen) atoms. The number of carboxylic acid groups (broad SMARTS) is 1. The van der Waals surface area contributed by atoms with Gasteiger partial charge in [0.05, 0.1) is 11.1 Å². The molecule has 0 amide bonds. The lowest BCUT2D eigenvalue weighted by Crippen LogP contribution is -2.44. The molecule has 1 fully saturated rings. The van der Waals surface area contributed by atoms with Crippen LogP contribution in [0.5, 0.6) is 0 Å². The topological polar surface area (TPSA) is 56.7 Å². The number of carbonyl (C=O) groups is 1. The number of fused-ring (bicyclic) bond motifs is 6. The molecular weight excluding hydrogens is 566 g/mol. The van der Waals surface area contributed by atoms with Crippen LogP contribution in [0.2, 0.25) is 0 Å². The largest absolute Gasteiger partial charge is 0.478 e. The Labute approximate surface area is 270 Å². The highest BCUT2D eigenvalue weighted by Gasteiger charge is 2.43. The van der Waals surface area contributed by atoms with Crippen molar-refractivity contribution in [2.24, 2.45) is 0 Å². The van der Waals surface area contributed by atoms with Crippen LogP contribution in [0.1, 0.15) is 64.8 Å². The molecule has 230 valence electrons. The van der Waals surface area contributed by atoms with E-state index in [1.807, 2.05) is 12.1 Å². The van der Waals surface area contributed by atoms with Crippen LogP contribution in [0.25, 0.3) is 32.4 Å². The maximum Gasteiger partial charge on any atom is 0.337 e. The van der Waals surface area contributed by atoms with E-state index >= 15 is 0 Å². The number of aromatic carboxylic acids is 1. The summed E-state index contributed by atoms with van der Waals surface area (Å²) in [5, 5.41) is 15.9. The maximum absolute atomic E-state index is 12.3. The van der Waals surface area contributed by atoms with Crippen LogP contribution in [0.3, 0.4) is 0 Å². The van der Waals surface area contributed by atoms with Crippen molar-refractivity contribution >= 4 is 44.1 Å². The maximum atomic E-state index is 12.3. The van der Waals surface area contributed by atoms with Gasteiger partial charge in [0.15, 0.2) is 0 Å². The number of benzene rings is 5. The van der Waals surface area contributed by atoms with Crippen molar-refractivity contribution in [2.45, 2.75) is 37.5 Å². The summed E-state index contributed by atoms with van der Waals surface area (Å²) >= 11 is 0. The highest BCUT2D eigenvalue weighted by molar-refractivity contribution is 6.09. The van der Waals surface area contributed by atoms with Gasteiger partial charge in [0.25, 0.3) is 0 Å². The lowest BCUT2D eigenvalue weighted by atomic mass is 9.59. The van der Waals surface area contributed by atoms with Crippen molar-refractivity contribution in [3.05, 3.63) is 131 Å². The number of nitrogens with zero attached hydrogens (tertiary/aromatic N) is 3. The van der Waals surface area contributed by atoms with Crippen molar-refractivity contribution in [1.82, 2.24) is 9.88 Å². The third kappa shape index (κ3) is 4.64. The third-order valence-electron chi connectivity index (χ3n) is 10.8. The molecule has 2 atom stereocenters. The van der Waals surface area contributed by atoms with Crippen LogP contribution in [0.15, 0.2) is 103 Å². The lowest BCUT2D eigenvalue weighted by Gasteiger charge is -2.45. The molecule has 0 bridgehead atoms. The van der Waals surface area contributed by atoms with E-state index in [-0.39, 0.29) is 22.8 Å². The van der Waals surface area contributed by atoms with Gasteiger partial charge in [-0.15, -0.1) is 0 Å². The second-order valence-electron chi connectivity index (χ2n) is 13.8. The van der Waals surface area contributed by atoms with Crippen molar-refractivity contribution in [1.29, 1.82) is 0 Å². The second kappa shape index (κ2) is 11.0. The van der Waals surface area contributed by atoms with Gasteiger partial charge in [0, 0.05) is 48.9 Å². The Morgan fingerprint density at radius 3 is 2.35 bits per heavy atom. The number of hydrogen-bond acceptors (Lipinski definition) is 4. The highest BCUT2D eigenvalue weighted by atomic mass is 16.4. The molecule has 0 radical (unpaired) electrons. The molecule has 0 spiro atoms. The molecule has 2 aliphatic rings. The van der Waals surface area contributed by atoms with E-state index in [4.69, 9.17) is 4.98 Å². The van der Waals surface area contributed by atoms with Crippen LogP contribution < -0.4 is 4.90 Å². The van der Waals surface area contributed by atoms with Crippen molar-refractivity contribution < 1.29 is 9.90 Å². The normalized spacial score (nSPS) is 19.8. The van der Waals surface area contributed by atoms with Gasteiger partial charge >= 0.3 is 5.97 Å². The number of likely N-dealkylation sites (N-methyl/N-ethyl adjacent to an activating group) is 1. The van der Waals surface area contributed by atoms with E-state index < -0.39 is 5.97 Å². The SMILES string of the molecule is CN1CCN(c2cccc(C3CC(c4ccc5cccc(C(=O)O)c5n4)c4c(ccc5c4ccc4ccccc45)C3(C)C)c2)CC1. The zero-order valence-corrected chi connectivity index (χ0v) is 26.7. The molecule has 5 heteroatoms. The Morgan fingerprint density at radius 2 is 1.52 bits per heavy atom. The van der Waals surface area contributed by atoms with Crippen molar-refractivity contribution in [3.8, 4) is 0 Å². The van der Waals surface area contributed by atoms with E-state index in [1.165, 1.54) is 43.9 Å². The summed E-state index contributed by atoms with van der Waals surface area (Å²) in [6, 6.07) is 36.6. The summed E-state index contributed by atoms with van der Waals surface area (Å²) < 4.78 is 0. The number of para-hydroxylation sites is 1. The average Bonchev–Trinajstić information content (AvgIpc) is 3.07. The first-order valence-corrected chi connectivity index (χ1v) is 16.4. The smallest absolute Gasteiger partial charge is 0.337 e. The summed E-state index contributed by atoms with van der Waals surface area (Å²) in [6.45, 7) is 9.01. The van der Waals surface area contributed by atoms with Crippen LogP contribution in [0, 0.1) is 0 Å². The first kappa shape index (κ1) is 28.7. The number of rotatable bonds is 4. The zero-order chi connectivity index (χ0) is 31.6. The molecular formula is C41H39N3O2. The molecule has 6 aromatic rings. The number of pyridine rings is 1. The Bertz CT molecular complexity index is 2140. The van der Waals surface area contributed by atoms with Gasteiger partial charge < -0.3 is 14.9 Å². The van der Waals surface area contributed by atoms with Gasteiger partial charge in [-0.3, -0.25) is 4.98 Å². The number of piperazine rings is 1. The second-order valence-corrected chi connectivity index (χ2v) is 13.8. The molecule has 1 saturated heterocycles. The summed E-state index contributed by atoms with van der Waals surface area (Å²) in [5.74, 6) is -0.713. The van der Waals surface area contributed by atoms with E-state index in [0.717, 1.165) is 43.7 Å². The first-order chi connectivity index (χ1) is 22.3. The van der Waals surface area contributed by atoms with Crippen LogP contribution in [0.4, 0.5) is 5.69 Å². The van der Waals surface area contributed by atoms with Gasteiger partial charge in [-0.05, 0) is 87.3 Å². The quantitative estimate of drug-likeness (QED) is 0.204. The van der Waals surface area contributed by atoms with Gasteiger partial charge in [-0.2, -0.15) is 0 Å². The number of carboxylic acids is 1. The fraction of sp³-hybridized carbons (Fsp3) is 0.268. The predicted octanol–water partition coefficient (Wildman–Crippen LogP) is 8.59. The number of anilines is 1. The summed E-state index contributed by atoms with van der Waals surface area (Å²) in [6.07, 6.45) is 0.881. The molecule has 1 aromatic heterocycles. The summed E-state index contributed by atoms with van der Waals surface area (Å²) in [4.78, 5) is 22.3. The van der Waals surface area contributed by atoms with Crippen LogP contribution in [-0.4, -0.2) is 54.2 Å². The number of aromatic nitrogens is 1. The molecule has 1 aliphatic heterocycles. The molecule has 2 unspecified atom stereocenters. The fourth-order valence-corrected chi connectivity index (χ4v) is 8.24. The minimum Gasteiger partial charge on any atom is -0.478 e. The van der Waals surface area contributed by atoms with Gasteiger partial charge in [0.1, 0.15) is 0 Å². The molecule has 5 aromatic carbocycles. The van der Waals surface area contributed by atoms with E-state index in [2.05, 4.69) is 110 Å². The number of hydrogen-bond donors (Lipinski definition) is 1. The molecule has 1 N–H and O–H groups in total. The van der Waals surface area contributed by atoms with Crippen molar-refractivity contribution in [2.75, 3.05) is 38.1 Å².